The Morgan fingerprint density at radius 2 is 1.86 bits per heavy atom. The number of para-hydroxylation sites is 1. The van der Waals surface area contributed by atoms with Crippen molar-refractivity contribution in [2.24, 2.45) is 0 Å². The van der Waals surface area contributed by atoms with Crippen LogP contribution >= 0.6 is 0 Å². The first-order chi connectivity index (χ1) is 13.4. The van der Waals surface area contributed by atoms with E-state index in [2.05, 4.69) is 10.6 Å². The molecule has 0 saturated heterocycles. The number of nitrogens with zero attached hydrogens (tertiary/aromatic N) is 1. The predicted molar refractivity (Wildman–Crippen MR) is 98.9 cm³/mol. The lowest BCUT2D eigenvalue weighted by atomic mass is 10.1. The molecular formula is C19H17N3O6. The maximum Gasteiger partial charge on any atom is 0.338 e. The number of hydrogen-bond donors (Lipinski definition) is 2. The lowest BCUT2D eigenvalue weighted by Gasteiger charge is -2.11. The highest BCUT2D eigenvalue weighted by Crippen LogP contribution is 2.21. The first-order valence-electron chi connectivity index (χ1n) is 8.55. The van der Waals surface area contributed by atoms with E-state index in [1.54, 1.807) is 24.3 Å². The Kier molecular flexibility index (Phi) is 5.64. The summed E-state index contributed by atoms with van der Waals surface area (Å²) in [5.41, 5.74) is 0.325. The number of hydrogen-bond acceptors (Lipinski definition) is 6. The van der Waals surface area contributed by atoms with Crippen LogP contribution in [0, 0.1) is 10.1 Å². The lowest BCUT2D eigenvalue weighted by molar-refractivity contribution is -0.384. The molecule has 2 N–H and O–H groups in total. The molecule has 0 bridgehead atoms. The zero-order valence-corrected chi connectivity index (χ0v) is 14.7. The van der Waals surface area contributed by atoms with Crippen molar-refractivity contribution in [3.8, 4) is 0 Å². The van der Waals surface area contributed by atoms with Crippen molar-refractivity contribution in [3.63, 3.8) is 0 Å². The van der Waals surface area contributed by atoms with Gasteiger partial charge >= 0.3 is 5.97 Å². The van der Waals surface area contributed by atoms with Crippen LogP contribution < -0.4 is 10.6 Å². The molecule has 0 aromatic heterocycles. The third kappa shape index (κ3) is 4.91. The fraction of sp³-hybridized carbons (Fsp3) is 0.211. The molecule has 0 unspecified atom stereocenters. The van der Waals surface area contributed by atoms with E-state index in [-0.39, 0.29) is 23.2 Å². The molecule has 144 valence electrons. The van der Waals surface area contributed by atoms with Crippen LogP contribution in [0.5, 0.6) is 0 Å². The van der Waals surface area contributed by atoms with Crippen LogP contribution in [0.1, 0.15) is 33.6 Å². The van der Waals surface area contributed by atoms with Gasteiger partial charge in [-0.05, 0) is 31.0 Å². The van der Waals surface area contributed by atoms with Crippen LogP contribution in [0.3, 0.4) is 0 Å². The highest BCUT2D eigenvalue weighted by Gasteiger charge is 2.25. The van der Waals surface area contributed by atoms with Crippen molar-refractivity contribution < 1.29 is 24.0 Å². The molecule has 1 saturated carbocycles. The smallest absolute Gasteiger partial charge is 0.338 e. The second-order valence-corrected chi connectivity index (χ2v) is 6.23. The molecule has 9 nitrogen and oxygen atoms in total. The van der Waals surface area contributed by atoms with Gasteiger partial charge in [-0.15, -0.1) is 0 Å². The molecule has 0 atom stereocenters. The summed E-state index contributed by atoms with van der Waals surface area (Å²) in [7, 11) is 0. The number of benzene rings is 2. The molecule has 2 aromatic carbocycles. The number of nitro benzene ring substituents is 1. The lowest BCUT2D eigenvalue weighted by Crippen LogP contribution is -2.28. The Labute approximate surface area is 159 Å². The van der Waals surface area contributed by atoms with Crippen LogP contribution in [0.15, 0.2) is 48.5 Å². The van der Waals surface area contributed by atoms with E-state index in [9.17, 15) is 24.5 Å². The van der Waals surface area contributed by atoms with Crippen molar-refractivity contribution in [1.82, 2.24) is 5.32 Å². The topological polar surface area (TPSA) is 128 Å². The largest absolute Gasteiger partial charge is 0.452 e. The second kappa shape index (κ2) is 8.30. The quantitative estimate of drug-likeness (QED) is 0.429. The summed E-state index contributed by atoms with van der Waals surface area (Å²) in [4.78, 5) is 46.5. The van der Waals surface area contributed by atoms with Crippen molar-refractivity contribution in [2.45, 2.75) is 18.9 Å². The second-order valence-electron chi connectivity index (χ2n) is 6.23. The average Bonchev–Trinajstić information content (AvgIpc) is 3.50. The van der Waals surface area contributed by atoms with E-state index < -0.39 is 23.4 Å². The number of carbonyl (C=O) groups excluding carboxylic acids is 3. The van der Waals surface area contributed by atoms with Gasteiger partial charge in [0.2, 0.25) is 0 Å². The van der Waals surface area contributed by atoms with Crippen LogP contribution in [-0.2, 0) is 9.53 Å². The minimum atomic E-state index is -0.862. The van der Waals surface area contributed by atoms with Crippen molar-refractivity contribution >= 4 is 29.2 Å². The average molecular weight is 383 g/mol. The standard InChI is InChI=1S/C19H17N3O6/c23-17(11-28-19(25)12-4-3-5-14(10-12)22(26)27)21-16-7-2-1-6-15(16)18(24)20-13-8-9-13/h1-7,10,13H,8-9,11H2,(H,20,24)(H,21,23). The van der Waals surface area contributed by atoms with E-state index in [4.69, 9.17) is 4.74 Å². The van der Waals surface area contributed by atoms with E-state index in [0.717, 1.165) is 18.9 Å². The summed E-state index contributed by atoms with van der Waals surface area (Å²) in [5, 5.41) is 16.1. The molecule has 1 fully saturated rings. The number of anilines is 1. The molecule has 1 aliphatic rings. The van der Waals surface area contributed by atoms with Gasteiger partial charge in [-0.2, -0.15) is 0 Å². The van der Waals surface area contributed by atoms with E-state index in [1.165, 1.54) is 18.2 Å². The van der Waals surface area contributed by atoms with E-state index in [0.29, 0.717) is 11.3 Å². The molecule has 28 heavy (non-hydrogen) atoms. The molecule has 2 aromatic rings. The minimum Gasteiger partial charge on any atom is -0.452 e. The number of nitrogens with one attached hydrogen (secondary N) is 2. The third-order valence-corrected chi connectivity index (χ3v) is 3.99. The summed E-state index contributed by atoms with van der Waals surface area (Å²) in [6, 6.07) is 11.7. The molecular weight excluding hydrogens is 366 g/mol. The Balaban J connectivity index is 1.59. The minimum absolute atomic E-state index is 0.0359. The van der Waals surface area contributed by atoms with Gasteiger partial charge in [-0.3, -0.25) is 19.7 Å². The van der Waals surface area contributed by atoms with Crippen LogP contribution in [0.4, 0.5) is 11.4 Å². The summed E-state index contributed by atoms with van der Waals surface area (Å²) in [6.07, 6.45) is 1.88. The zero-order valence-electron chi connectivity index (χ0n) is 14.7. The molecule has 0 radical (unpaired) electrons. The Morgan fingerprint density at radius 1 is 1.11 bits per heavy atom. The number of ether oxygens (including phenoxy) is 1. The van der Waals surface area contributed by atoms with Crippen molar-refractivity contribution in [1.29, 1.82) is 0 Å². The highest BCUT2D eigenvalue weighted by atomic mass is 16.6. The first-order valence-corrected chi connectivity index (χ1v) is 8.55. The summed E-state index contributed by atoms with van der Waals surface area (Å²) < 4.78 is 4.90. The fourth-order valence-electron chi connectivity index (χ4n) is 2.43. The third-order valence-electron chi connectivity index (χ3n) is 3.99. The first kappa shape index (κ1) is 19.0. The molecule has 0 spiro atoms. The van der Waals surface area contributed by atoms with Gasteiger partial charge in [-0.25, -0.2) is 4.79 Å². The number of esters is 1. The maximum atomic E-state index is 12.2. The van der Waals surface area contributed by atoms with Gasteiger partial charge < -0.3 is 15.4 Å². The molecule has 0 heterocycles. The van der Waals surface area contributed by atoms with Gasteiger partial charge in [0, 0.05) is 18.2 Å². The Hall–Kier alpha value is -3.75. The van der Waals surface area contributed by atoms with Gasteiger partial charge in [0.1, 0.15) is 0 Å². The van der Waals surface area contributed by atoms with Gasteiger partial charge in [0.05, 0.1) is 21.7 Å². The number of amides is 2. The predicted octanol–water partition coefficient (Wildman–Crippen LogP) is 2.28. The summed E-state index contributed by atoms with van der Waals surface area (Å²) in [5.74, 6) is -1.78. The van der Waals surface area contributed by atoms with Crippen LogP contribution in [0.25, 0.3) is 0 Å². The molecule has 3 rings (SSSR count). The van der Waals surface area contributed by atoms with E-state index in [1.807, 2.05) is 0 Å². The number of nitro groups is 1. The monoisotopic (exact) mass is 383 g/mol. The van der Waals surface area contributed by atoms with Gasteiger partial charge in [0.25, 0.3) is 17.5 Å². The fourth-order valence-corrected chi connectivity index (χ4v) is 2.43. The Bertz CT molecular complexity index is 939. The summed E-state index contributed by atoms with van der Waals surface area (Å²) >= 11 is 0. The van der Waals surface area contributed by atoms with Crippen molar-refractivity contribution in [2.75, 3.05) is 11.9 Å². The van der Waals surface area contributed by atoms with Crippen LogP contribution in [0.2, 0.25) is 0 Å². The number of non-ortho nitro benzene ring substituents is 1. The SMILES string of the molecule is O=C(COC(=O)c1cccc([N+](=O)[O-])c1)Nc1ccccc1C(=O)NC1CC1. The van der Waals surface area contributed by atoms with Gasteiger partial charge in [0.15, 0.2) is 6.61 Å². The zero-order chi connectivity index (χ0) is 20.1. The summed E-state index contributed by atoms with van der Waals surface area (Å²) in [6.45, 7) is -0.597. The van der Waals surface area contributed by atoms with Crippen molar-refractivity contribution in [3.05, 3.63) is 69.8 Å². The highest BCUT2D eigenvalue weighted by molar-refractivity contribution is 6.04. The maximum absolute atomic E-state index is 12.2. The Morgan fingerprint density at radius 3 is 2.57 bits per heavy atom. The van der Waals surface area contributed by atoms with Crippen LogP contribution in [-0.4, -0.2) is 35.4 Å². The molecule has 0 aliphatic heterocycles. The normalized spacial score (nSPS) is 12.7. The number of rotatable bonds is 7. The van der Waals surface area contributed by atoms with E-state index >= 15 is 0 Å². The molecule has 9 heteroatoms. The molecule has 1 aliphatic carbocycles. The molecule has 2 amide bonds. The van der Waals surface area contributed by atoms with Gasteiger partial charge in [-0.1, -0.05) is 18.2 Å². The number of carbonyl (C=O) groups is 3.